The molecule has 0 radical (unpaired) electrons. The molecule has 208 valence electrons. The molecule has 10 heteroatoms. The molecule has 0 aliphatic heterocycles. The van der Waals surface area contributed by atoms with E-state index >= 15 is 0 Å². The zero-order chi connectivity index (χ0) is 29.4. The average Bonchev–Trinajstić information content (AvgIpc) is 2.98. The van der Waals surface area contributed by atoms with Gasteiger partial charge in [-0.15, -0.1) is 0 Å². The molecule has 0 aliphatic carbocycles. The molecule has 41 heavy (non-hydrogen) atoms. The van der Waals surface area contributed by atoms with Gasteiger partial charge in [-0.05, 0) is 70.3 Å². The van der Waals surface area contributed by atoms with Crippen LogP contribution in [0.5, 0.6) is 5.88 Å². The molecule has 10 nitrogen and oxygen atoms in total. The van der Waals surface area contributed by atoms with E-state index in [1.807, 2.05) is 58.0 Å². The normalized spacial score (nSPS) is 11.6. The molecular formula is C31H32N8O2. The first-order valence-corrected chi connectivity index (χ1v) is 12.9. The van der Waals surface area contributed by atoms with Crippen molar-refractivity contribution in [2.75, 3.05) is 19.0 Å². The molecule has 2 N–H and O–H groups in total. The molecule has 4 heterocycles. The van der Waals surface area contributed by atoms with Crippen LogP contribution in [0.4, 0.5) is 11.5 Å². The van der Waals surface area contributed by atoms with E-state index in [2.05, 4.69) is 42.3 Å². The third kappa shape index (κ3) is 7.24. The zero-order valence-electron chi connectivity index (χ0n) is 23.8. The van der Waals surface area contributed by atoms with Crippen molar-refractivity contribution in [3.8, 4) is 17.3 Å². The molecule has 0 fully saturated rings. The quantitative estimate of drug-likeness (QED) is 0.199. The number of carbonyl (C=O) groups is 1. The number of allylic oxidation sites excluding steroid dienone is 2. The van der Waals surface area contributed by atoms with Gasteiger partial charge in [0.25, 0.3) is 5.91 Å². The van der Waals surface area contributed by atoms with Crippen LogP contribution in [0.15, 0.2) is 77.8 Å². The Morgan fingerprint density at radius 3 is 2.54 bits per heavy atom. The van der Waals surface area contributed by atoms with Crippen molar-refractivity contribution in [3.05, 3.63) is 101 Å². The number of aliphatic imine (C=N–C) groups is 1. The highest BCUT2D eigenvalue weighted by Crippen LogP contribution is 2.27. The maximum absolute atomic E-state index is 13.0. The Balaban J connectivity index is 1.46. The second-order valence-electron chi connectivity index (χ2n) is 9.37. The summed E-state index contributed by atoms with van der Waals surface area (Å²) in [5.74, 6) is 1.45. The minimum atomic E-state index is -0.273. The Hall–Kier alpha value is -5.25. The van der Waals surface area contributed by atoms with Gasteiger partial charge in [0.2, 0.25) is 5.88 Å². The number of aryl methyl sites for hydroxylation is 3. The number of rotatable bonds is 10. The average molecular weight is 549 g/mol. The fourth-order valence-electron chi connectivity index (χ4n) is 4.03. The Morgan fingerprint density at radius 2 is 1.88 bits per heavy atom. The molecule has 0 aromatic carbocycles. The monoisotopic (exact) mass is 548 g/mol. The summed E-state index contributed by atoms with van der Waals surface area (Å²) >= 11 is 0. The lowest BCUT2D eigenvalue weighted by Crippen LogP contribution is -2.26. The molecule has 1 amide bonds. The molecule has 4 aromatic rings. The van der Waals surface area contributed by atoms with Crippen molar-refractivity contribution in [3.63, 3.8) is 0 Å². The van der Waals surface area contributed by atoms with Crippen LogP contribution >= 0.6 is 0 Å². The topological polar surface area (TPSA) is 127 Å². The number of hydrogen-bond donors (Lipinski definition) is 2. The van der Waals surface area contributed by atoms with E-state index in [0.29, 0.717) is 41.2 Å². The van der Waals surface area contributed by atoms with Gasteiger partial charge in [-0.1, -0.05) is 11.6 Å². The summed E-state index contributed by atoms with van der Waals surface area (Å²) in [5, 5.41) is 6.22. The molecule has 4 rings (SSSR count). The van der Waals surface area contributed by atoms with Gasteiger partial charge in [0, 0.05) is 53.6 Å². The third-order valence-electron chi connectivity index (χ3n) is 6.21. The van der Waals surface area contributed by atoms with Crippen LogP contribution in [0, 0.1) is 20.8 Å². The lowest BCUT2D eigenvalue weighted by Gasteiger charge is -2.14. The largest absolute Gasteiger partial charge is 0.481 e. The number of ether oxygens (including phenoxy) is 1. The standard InChI is InChI=1S/C31H32N8O2/c1-19(9-11-25(32-5)23-10-12-27(41-6)34-17-23)15-36-31(40)26-14-20(2)28(22(4)37-26)30-35-16-21(3)29(39-30)38-24-8-7-13-33-18-24/h7-14,16-18H,5,15H2,1-4,6H3,(H,36,40)(H,35,38,39)/b19-9+,25-11-. The van der Waals surface area contributed by atoms with Crippen LogP contribution in [-0.2, 0) is 0 Å². The summed E-state index contributed by atoms with van der Waals surface area (Å²) in [6, 6.07) is 9.14. The first-order valence-electron chi connectivity index (χ1n) is 12.9. The molecule has 0 saturated carbocycles. The van der Waals surface area contributed by atoms with Gasteiger partial charge in [0.1, 0.15) is 11.5 Å². The van der Waals surface area contributed by atoms with E-state index in [1.165, 1.54) is 0 Å². The molecule has 0 atom stereocenters. The zero-order valence-corrected chi connectivity index (χ0v) is 23.8. The number of nitrogens with zero attached hydrogens (tertiary/aromatic N) is 6. The molecule has 0 spiro atoms. The third-order valence-corrected chi connectivity index (χ3v) is 6.21. The Kier molecular flexibility index (Phi) is 9.26. The summed E-state index contributed by atoms with van der Waals surface area (Å²) in [5.41, 5.74) is 6.74. The van der Waals surface area contributed by atoms with Crippen LogP contribution in [0.3, 0.4) is 0 Å². The van der Waals surface area contributed by atoms with Gasteiger partial charge in [-0.2, -0.15) is 0 Å². The molecule has 0 unspecified atom stereocenters. The second kappa shape index (κ2) is 13.2. The molecule has 0 saturated heterocycles. The minimum absolute atomic E-state index is 0.273. The predicted molar refractivity (Wildman–Crippen MR) is 161 cm³/mol. The smallest absolute Gasteiger partial charge is 0.270 e. The Morgan fingerprint density at radius 1 is 1.05 bits per heavy atom. The lowest BCUT2D eigenvalue weighted by atomic mass is 10.1. The number of nitrogens with one attached hydrogen (secondary N) is 2. The van der Waals surface area contributed by atoms with E-state index in [1.54, 1.807) is 44.0 Å². The number of carbonyl (C=O) groups excluding carboxylic acids is 1. The van der Waals surface area contributed by atoms with Crippen molar-refractivity contribution in [1.82, 2.24) is 30.2 Å². The van der Waals surface area contributed by atoms with E-state index in [4.69, 9.17) is 9.72 Å². The fraction of sp³-hybridized carbons (Fsp3) is 0.194. The van der Waals surface area contributed by atoms with Crippen molar-refractivity contribution >= 4 is 29.8 Å². The molecule has 0 aliphatic rings. The molecule has 0 bridgehead atoms. The van der Waals surface area contributed by atoms with Gasteiger partial charge in [0.05, 0.1) is 24.7 Å². The molecular weight excluding hydrogens is 516 g/mol. The van der Waals surface area contributed by atoms with E-state index < -0.39 is 0 Å². The first kappa shape index (κ1) is 28.8. The summed E-state index contributed by atoms with van der Waals surface area (Å²) in [6.07, 6.45) is 10.6. The summed E-state index contributed by atoms with van der Waals surface area (Å²) < 4.78 is 5.10. The maximum atomic E-state index is 13.0. The number of anilines is 2. The van der Waals surface area contributed by atoms with Crippen LogP contribution < -0.4 is 15.4 Å². The van der Waals surface area contributed by atoms with Gasteiger partial charge >= 0.3 is 0 Å². The SMILES string of the molecule is C=N/C(=C\C=C(/C)CNC(=O)c1cc(C)c(-c2ncc(C)c(Nc3cccnc3)n2)c(C)n1)c1ccc(OC)nc1. The molecule has 4 aromatic heterocycles. The lowest BCUT2D eigenvalue weighted by molar-refractivity contribution is 0.0951. The highest BCUT2D eigenvalue weighted by atomic mass is 16.5. The highest BCUT2D eigenvalue weighted by molar-refractivity contribution is 5.93. The number of pyridine rings is 3. The van der Waals surface area contributed by atoms with Crippen LogP contribution in [-0.4, -0.2) is 51.2 Å². The van der Waals surface area contributed by atoms with E-state index in [9.17, 15) is 4.79 Å². The summed E-state index contributed by atoms with van der Waals surface area (Å²) in [4.78, 5) is 39.2. The van der Waals surface area contributed by atoms with Crippen LogP contribution in [0.1, 0.15) is 39.8 Å². The second-order valence-corrected chi connectivity index (χ2v) is 9.37. The summed E-state index contributed by atoms with van der Waals surface area (Å²) in [6.45, 7) is 11.6. The van der Waals surface area contributed by atoms with Crippen LogP contribution in [0.2, 0.25) is 0 Å². The van der Waals surface area contributed by atoms with Crippen molar-refractivity contribution in [1.29, 1.82) is 0 Å². The van der Waals surface area contributed by atoms with E-state index in [0.717, 1.165) is 33.5 Å². The number of aromatic nitrogens is 5. The Bertz CT molecular complexity index is 1590. The van der Waals surface area contributed by atoms with E-state index in [-0.39, 0.29) is 5.91 Å². The minimum Gasteiger partial charge on any atom is -0.481 e. The number of amides is 1. The Labute approximate surface area is 239 Å². The van der Waals surface area contributed by atoms with Gasteiger partial charge in [-0.25, -0.2) is 19.9 Å². The maximum Gasteiger partial charge on any atom is 0.270 e. The fourth-order valence-corrected chi connectivity index (χ4v) is 4.03. The first-order chi connectivity index (χ1) is 19.8. The highest BCUT2D eigenvalue weighted by Gasteiger charge is 2.17. The summed E-state index contributed by atoms with van der Waals surface area (Å²) in [7, 11) is 1.56. The van der Waals surface area contributed by atoms with Crippen LogP contribution in [0.25, 0.3) is 17.1 Å². The van der Waals surface area contributed by atoms with Crippen molar-refractivity contribution < 1.29 is 9.53 Å². The van der Waals surface area contributed by atoms with Gasteiger partial charge < -0.3 is 15.4 Å². The van der Waals surface area contributed by atoms with Gasteiger partial charge in [-0.3, -0.25) is 14.8 Å². The predicted octanol–water partition coefficient (Wildman–Crippen LogP) is 5.42. The van der Waals surface area contributed by atoms with Gasteiger partial charge in [0.15, 0.2) is 5.82 Å². The number of hydrogen-bond acceptors (Lipinski definition) is 9. The van der Waals surface area contributed by atoms with Crippen molar-refractivity contribution in [2.24, 2.45) is 4.99 Å². The number of methoxy groups -OCH3 is 1. The van der Waals surface area contributed by atoms with Crippen molar-refractivity contribution in [2.45, 2.75) is 27.7 Å².